The topological polar surface area (TPSA) is 32.6 Å². The van der Waals surface area contributed by atoms with E-state index >= 15 is 0 Å². The fourth-order valence-electron chi connectivity index (χ4n) is 3.11. The molecule has 0 aromatic heterocycles. The van der Waals surface area contributed by atoms with E-state index in [0.29, 0.717) is 0 Å². The van der Waals surface area contributed by atoms with Gasteiger partial charge in [-0.25, -0.2) is 0 Å². The molecule has 0 amide bonds. The smallest absolute Gasteiger partial charge is 0.0688 e. The van der Waals surface area contributed by atoms with Crippen molar-refractivity contribution in [2.24, 2.45) is 16.0 Å². The van der Waals surface area contributed by atoms with E-state index in [1.165, 1.54) is 32.1 Å². The van der Waals surface area contributed by atoms with Gasteiger partial charge in [-0.15, -0.1) is 0 Å². The highest BCUT2D eigenvalue weighted by molar-refractivity contribution is 5.96. The standard InChI is InChI=1S/C10H17NO/c1-9-4-3-5-10(2,7-6-9)8(9)11-12/h12H,3-7H2,1-2H3/b11-8-/t9-,10+/m0/s1. The molecule has 2 aliphatic carbocycles. The molecule has 2 atom stereocenters. The number of hydrogen-bond donors (Lipinski definition) is 1. The summed E-state index contributed by atoms with van der Waals surface area (Å²) >= 11 is 0. The lowest BCUT2D eigenvalue weighted by molar-refractivity contribution is 0.280. The van der Waals surface area contributed by atoms with Gasteiger partial charge in [0.05, 0.1) is 5.71 Å². The van der Waals surface area contributed by atoms with Crippen LogP contribution in [0.15, 0.2) is 5.16 Å². The van der Waals surface area contributed by atoms with Gasteiger partial charge in [0.1, 0.15) is 0 Å². The number of oxime groups is 1. The summed E-state index contributed by atoms with van der Waals surface area (Å²) in [5.74, 6) is 0. The normalized spacial score (nSPS) is 50.0. The van der Waals surface area contributed by atoms with Crippen LogP contribution in [0.3, 0.4) is 0 Å². The van der Waals surface area contributed by atoms with Crippen LogP contribution in [0.2, 0.25) is 0 Å². The van der Waals surface area contributed by atoms with Crippen LogP contribution in [0.25, 0.3) is 0 Å². The molecular weight excluding hydrogens is 150 g/mol. The zero-order chi connectivity index (χ0) is 8.82. The summed E-state index contributed by atoms with van der Waals surface area (Å²) in [5, 5.41) is 12.5. The highest BCUT2D eigenvalue weighted by Crippen LogP contribution is 2.55. The second-order valence-corrected chi connectivity index (χ2v) is 4.92. The highest BCUT2D eigenvalue weighted by Gasteiger charge is 2.52. The number of hydrogen-bond acceptors (Lipinski definition) is 2. The Balaban J connectivity index is 2.42. The van der Waals surface area contributed by atoms with Crippen LogP contribution < -0.4 is 0 Å². The maximum Gasteiger partial charge on any atom is 0.0688 e. The van der Waals surface area contributed by atoms with Crippen LogP contribution in [-0.4, -0.2) is 10.9 Å². The summed E-state index contributed by atoms with van der Waals surface area (Å²) in [4.78, 5) is 0. The molecular formula is C10H17NO. The van der Waals surface area contributed by atoms with Gasteiger partial charge in [0.25, 0.3) is 0 Å². The molecule has 2 saturated carbocycles. The van der Waals surface area contributed by atoms with Crippen LogP contribution in [0, 0.1) is 10.8 Å². The molecule has 0 spiro atoms. The Bertz CT molecular complexity index is 216. The minimum absolute atomic E-state index is 0.224. The van der Waals surface area contributed by atoms with Crippen LogP contribution in [0.4, 0.5) is 0 Å². The molecule has 1 N–H and O–H groups in total. The van der Waals surface area contributed by atoms with Crippen molar-refractivity contribution in [3.63, 3.8) is 0 Å². The molecule has 12 heavy (non-hydrogen) atoms. The van der Waals surface area contributed by atoms with Gasteiger partial charge in [-0.2, -0.15) is 0 Å². The van der Waals surface area contributed by atoms with E-state index in [4.69, 9.17) is 5.21 Å². The lowest BCUT2D eigenvalue weighted by atomic mass is 9.69. The molecule has 0 saturated heterocycles. The summed E-state index contributed by atoms with van der Waals surface area (Å²) < 4.78 is 0. The van der Waals surface area contributed by atoms with Crippen molar-refractivity contribution in [3.05, 3.63) is 0 Å². The quantitative estimate of drug-likeness (QED) is 0.436. The van der Waals surface area contributed by atoms with Gasteiger partial charge in [0.15, 0.2) is 0 Å². The molecule has 0 heterocycles. The van der Waals surface area contributed by atoms with Gasteiger partial charge in [-0.05, 0) is 25.7 Å². The first-order chi connectivity index (χ1) is 5.61. The molecule has 0 aromatic carbocycles. The Kier molecular flexibility index (Phi) is 1.51. The molecule has 2 fully saturated rings. The summed E-state index contributed by atoms with van der Waals surface area (Å²) in [6.45, 7) is 4.49. The van der Waals surface area contributed by atoms with E-state index in [2.05, 4.69) is 19.0 Å². The molecule has 2 aliphatic rings. The second-order valence-electron chi connectivity index (χ2n) is 4.92. The van der Waals surface area contributed by atoms with Gasteiger partial charge in [-0.3, -0.25) is 0 Å². The van der Waals surface area contributed by atoms with Crippen molar-refractivity contribution in [2.75, 3.05) is 0 Å². The van der Waals surface area contributed by atoms with Gasteiger partial charge in [0, 0.05) is 10.8 Å². The minimum Gasteiger partial charge on any atom is -0.411 e. The number of nitrogens with zero attached hydrogens (tertiary/aromatic N) is 1. The summed E-state index contributed by atoms with van der Waals surface area (Å²) in [7, 11) is 0. The van der Waals surface area contributed by atoms with Crippen molar-refractivity contribution < 1.29 is 5.21 Å². The fraction of sp³-hybridized carbons (Fsp3) is 0.900. The lowest BCUT2D eigenvalue weighted by Crippen LogP contribution is -2.36. The molecule has 0 unspecified atom stereocenters. The summed E-state index contributed by atoms with van der Waals surface area (Å²) in [5.41, 5.74) is 1.52. The molecule has 0 aromatic rings. The van der Waals surface area contributed by atoms with Crippen LogP contribution >= 0.6 is 0 Å². The zero-order valence-electron chi connectivity index (χ0n) is 7.93. The van der Waals surface area contributed by atoms with Crippen molar-refractivity contribution in [2.45, 2.75) is 46.0 Å². The third-order valence-corrected chi connectivity index (χ3v) is 3.93. The van der Waals surface area contributed by atoms with E-state index in [-0.39, 0.29) is 10.8 Å². The predicted octanol–water partition coefficient (Wildman–Crippen LogP) is 2.81. The molecule has 0 aliphatic heterocycles. The Labute approximate surface area is 73.7 Å². The van der Waals surface area contributed by atoms with Gasteiger partial charge >= 0.3 is 0 Å². The van der Waals surface area contributed by atoms with Crippen molar-refractivity contribution in [1.82, 2.24) is 0 Å². The molecule has 2 heteroatoms. The van der Waals surface area contributed by atoms with Gasteiger partial charge in [-0.1, -0.05) is 25.4 Å². The van der Waals surface area contributed by atoms with E-state index in [9.17, 15) is 0 Å². The first-order valence-corrected chi connectivity index (χ1v) is 4.84. The Hall–Kier alpha value is -0.530. The maximum absolute atomic E-state index is 8.99. The van der Waals surface area contributed by atoms with Crippen molar-refractivity contribution >= 4 is 5.71 Å². The first-order valence-electron chi connectivity index (χ1n) is 4.84. The van der Waals surface area contributed by atoms with Gasteiger partial charge in [0.2, 0.25) is 0 Å². The van der Waals surface area contributed by atoms with Gasteiger partial charge < -0.3 is 5.21 Å². The molecule has 2 nitrogen and oxygen atoms in total. The molecule has 68 valence electrons. The Morgan fingerprint density at radius 1 is 1.08 bits per heavy atom. The molecule has 0 radical (unpaired) electrons. The lowest BCUT2D eigenvalue weighted by Gasteiger charge is -2.35. The summed E-state index contributed by atoms with van der Waals surface area (Å²) in [6.07, 6.45) is 6.14. The fourth-order valence-corrected chi connectivity index (χ4v) is 3.11. The van der Waals surface area contributed by atoms with E-state index in [0.717, 1.165) is 5.71 Å². The van der Waals surface area contributed by atoms with Crippen LogP contribution in [-0.2, 0) is 0 Å². The largest absolute Gasteiger partial charge is 0.411 e. The number of rotatable bonds is 0. The van der Waals surface area contributed by atoms with E-state index < -0.39 is 0 Å². The third-order valence-electron chi connectivity index (χ3n) is 3.93. The van der Waals surface area contributed by atoms with Crippen LogP contribution in [0.5, 0.6) is 0 Å². The maximum atomic E-state index is 8.99. The minimum atomic E-state index is 0.224. The zero-order valence-corrected chi connectivity index (χ0v) is 7.93. The van der Waals surface area contributed by atoms with Crippen LogP contribution in [0.1, 0.15) is 46.0 Å². The second kappa shape index (κ2) is 2.24. The van der Waals surface area contributed by atoms with Crippen molar-refractivity contribution in [3.8, 4) is 0 Å². The third kappa shape index (κ3) is 0.838. The Morgan fingerprint density at radius 3 is 1.92 bits per heavy atom. The van der Waals surface area contributed by atoms with E-state index in [1.807, 2.05) is 0 Å². The Morgan fingerprint density at radius 2 is 1.58 bits per heavy atom. The average molecular weight is 167 g/mol. The number of fused-ring (bicyclic) bond motifs is 2. The van der Waals surface area contributed by atoms with E-state index in [1.54, 1.807) is 0 Å². The first kappa shape index (κ1) is 8.09. The highest BCUT2D eigenvalue weighted by atomic mass is 16.4. The average Bonchev–Trinajstić information content (AvgIpc) is 2.14. The molecule has 2 rings (SSSR count). The summed E-state index contributed by atoms with van der Waals surface area (Å²) in [6, 6.07) is 0. The molecule has 2 bridgehead atoms. The monoisotopic (exact) mass is 167 g/mol. The predicted molar refractivity (Wildman–Crippen MR) is 48.5 cm³/mol. The SMILES string of the molecule is C[C@]12CCC[C@](C)(CC1)/C2=N\O. The van der Waals surface area contributed by atoms with Crippen molar-refractivity contribution in [1.29, 1.82) is 0 Å².